The Balaban J connectivity index is 1.38. The molecule has 4 nitrogen and oxygen atoms in total. The van der Waals surface area contributed by atoms with Crippen LogP contribution < -0.4 is 0 Å². The summed E-state index contributed by atoms with van der Waals surface area (Å²) in [7, 11) is 0. The highest BCUT2D eigenvalue weighted by Crippen LogP contribution is 2.37. The quantitative estimate of drug-likeness (QED) is 0.760. The van der Waals surface area contributed by atoms with Gasteiger partial charge in [-0.05, 0) is 31.2 Å². The van der Waals surface area contributed by atoms with Gasteiger partial charge in [-0.3, -0.25) is 9.59 Å². The van der Waals surface area contributed by atoms with E-state index in [1.165, 1.54) is 6.42 Å². The normalized spacial score (nSPS) is 29.3. The SMILES string of the molecule is O=C(OC1CCC2C(=O)C(c3ccccc3)=COC2C1)C1CCCCC1. The van der Waals surface area contributed by atoms with Gasteiger partial charge in [-0.1, -0.05) is 49.6 Å². The van der Waals surface area contributed by atoms with Crippen LogP contribution in [-0.4, -0.2) is 24.0 Å². The van der Waals surface area contributed by atoms with Crippen LogP contribution in [0.25, 0.3) is 5.57 Å². The topological polar surface area (TPSA) is 52.6 Å². The number of hydrogen-bond donors (Lipinski definition) is 0. The van der Waals surface area contributed by atoms with E-state index in [0.29, 0.717) is 12.0 Å². The predicted octanol–water partition coefficient (Wildman–Crippen LogP) is 4.29. The van der Waals surface area contributed by atoms with E-state index < -0.39 is 0 Å². The minimum absolute atomic E-state index is 0.0456. The first-order valence-electron chi connectivity index (χ1n) is 9.88. The smallest absolute Gasteiger partial charge is 0.309 e. The fourth-order valence-electron chi connectivity index (χ4n) is 4.49. The number of benzene rings is 1. The monoisotopic (exact) mass is 354 g/mol. The molecule has 4 heteroatoms. The molecule has 3 unspecified atom stereocenters. The first-order valence-corrected chi connectivity index (χ1v) is 9.88. The van der Waals surface area contributed by atoms with Crippen LogP contribution in [0.15, 0.2) is 36.6 Å². The van der Waals surface area contributed by atoms with Crippen LogP contribution in [0.1, 0.15) is 56.9 Å². The Hall–Kier alpha value is -2.10. The molecule has 1 aromatic carbocycles. The van der Waals surface area contributed by atoms with Crippen molar-refractivity contribution in [2.45, 2.75) is 63.6 Å². The summed E-state index contributed by atoms with van der Waals surface area (Å²) in [6.07, 6.45) is 8.77. The summed E-state index contributed by atoms with van der Waals surface area (Å²) in [6, 6.07) is 9.66. The Morgan fingerprint density at radius 3 is 2.54 bits per heavy atom. The van der Waals surface area contributed by atoms with Gasteiger partial charge < -0.3 is 9.47 Å². The van der Waals surface area contributed by atoms with Crippen LogP contribution in [0.3, 0.4) is 0 Å². The zero-order valence-electron chi connectivity index (χ0n) is 15.1. The predicted molar refractivity (Wildman–Crippen MR) is 98.1 cm³/mol. The fourth-order valence-corrected chi connectivity index (χ4v) is 4.49. The summed E-state index contributed by atoms with van der Waals surface area (Å²) >= 11 is 0. The summed E-state index contributed by atoms with van der Waals surface area (Å²) in [5.41, 5.74) is 1.56. The van der Waals surface area contributed by atoms with E-state index in [-0.39, 0.29) is 35.8 Å². The van der Waals surface area contributed by atoms with Gasteiger partial charge >= 0.3 is 5.97 Å². The first-order chi connectivity index (χ1) is 12.7. The van der Waals surface area contributed by atoms with E-state index in [1.807, 2.05) is 30.3 Å². The molecule has 2 fully saturated rings. The minimum Gasteiger partial charge on any atom is -0.496 e. The number of esters is 1. The highest BCUT2D eigenvalue weighted by molar-refractivity contribution is 6.22. The van der Waals surface area contributed by atoms with E-state index >= 15 is 0 Å². The van der Waals surface area contributed by atoms with Crippen molar-refractivity contribution in [2.24, 2.45) is 11.8 Å². The summed E-state index contributed by atoms with van der Waals surface area (Å²) < 4.78 is 11.7. The van der Waals surface area contributed by atoms with Gasteiger partial charge in [0.15, 0.2) is 5.78 Å². The van der Waals surface area contributed by atoms with E-state index in [2.05, 4.69) is 0 Å². The van der Waals surface area contributed by atoms with Crippen molar-refractivity contribution in [1.82, 2.24) is 0 Å². The second-order valence-corrected chi connectivity index (χ2v) is 7.75. The third-order valence-corrected chi connectivity index (χ3v) is 6.01. The van der Waals surface area contributed by atoms with Gasteiger partial charge in [0.25, 0.3) is 0 Å². The van der Waals surface area contributed by atoms with Crippen molar-refractivity contribution >= 4 is 17.3 Å². The molecule has 0 N–H and O–H groups in total. The van der Waals surface area contributed by atoms with Crippen LogP contribution >= 0.6 is 0 Å². The van der Waals surface area contributed by atoms with E-state index in [9.17, 15) is 9.59 Å². The van der Waals surface area contributed by atoms with Crippen LogP contribution in [0.5, 0.6) is 0 Å². The van der Waals surface area contributed by atoms with Crippen LogP contribution in [0.4, 0.5) is 0 Å². The minimum atomic E-state index is -0.173. The maximum atomic E-state index is 12.9. The lowest BCUT2D eigenvalue weighted by Crippen LogP contribution is -2.42. The molecule has 0 saturated heterocycles. The number of ether oxygens (including phenoxy) is 2. The molecular formula is C22H26O4. The molecule has 2 aliphatic carbocycles. The van der Waals surface area contributed by atoms with Crippen molar-refractivity contribution in [3.8, 4) is 0 Å². The van der Waals surface area contributed by atoms with Crippen LogP contribution in [-0.2, 0) is 19.1 Å². The van der Waals surface area contributed by atoms with E-state index in [1.54, 1.807) is 6.26 Å². The molecule has 3 aliphatic rings. The third kappa shape index (κ3) is 3.55. The molecule has 3 atom stereocenters. The number of carbonyl (C=O) groups is 2. The second kappa shape index (κ2) is 7.65. The van der Waals surface area contributed by atoms with Gasteiger partial charge in [0.1, 0.15) is 12.2 Å². The van der Waals surface area contributed by atoms with Crippen molar-refractivity contribution in [1.29, 1.82) is 0 Å². The highest BCUT2D eigenvalue weighted by Gasteiger charge is 2.41. The molecule has 4 rings (SSSR count). The maximum absolute atomic E-state index is 12.9. The fraction of sp³-hybridized carbons (Fsp3) is 0.545. The van der Waals surface area contributed by atoms with Crippen molar-refractivity contribution < 1.29 is 19.1 Å². The summed E-state index contributed by atoms with van der Waals surface area (Å²) in [5.74, 6) is 0.0557. The lowest BCUT2D eigenvalue weighted by Gasteiger charge is -2.37. The molecule has 1 heterocycles. The number of fused-ring (bicyclic) bond motifs is 1. The largest absolute Gasteiger partial charge is 0.496 e. The molecule has 0 amide bonds. The lowest BCUT2D eigenvalue weighted by atomic mass is 9.78. The number of rotatable bonds is 3. The molecule has 138 valence electrons. The Kier molecular flexibility index (Phi) is 5.09. The molecule has 0 radical (unpaired) electrons. The molecule has 0 aromatic heterocycles. The van der Waals surface area contributed by atoms with Gasteiger partial charge in [0.05, 0.1) is 23.7 Å². The number of carbonyl (C=O) groups excluding carboxylic acids is 2. The maximum Gasteiger partial charge on any atom is 0.309 e. The number of ketones is 1. The second-order valence-electron chi connectivity index (χ2n) is 7.75. The van der Waals surface area contributed by atoms with Gasteiger partial charge in [0, 0.05) is 6.42 Å². The molecule has 1 aromatic rings. The van der Waals surface area contributed by atoms with Crippen LogP contribution in [0.2, 0.25) is 0 Å². The molecule has 26 heavy (non-hydrogen) atoms. The Labute approximate surface area is 154 Å². The highest BCUT2D eigenvalue weighted by atomic mass is 16.5. The van der Waals surface area contributed by atoms with Gasteiger partial charge in [-0.25, -0.2) is 0 Å². The van der Waals surface area contributed by atoms with E-state index in [4.69, 9.17) is 9.47 Å². The molecule has 0 bridgehead atoms. The van der Waals surface area contributed by atoms with Crippen LogP contribution in [0, 0.1) is 11.8 Å². The molecule has 1 aliphatic heterocycles. The molecular weight excluding hydrogens is 328 g/mol. The number of hydrogen-bond acceptors (Lipinski definition) is 4. The Morgan fingerprint density at radius 2 is 1.77 bits per heavy atom. The average molecular weight is 354 g/mol. The molecule has 0 spiro atoms. The zero-order chi connectivity index (χ0) is 17.9. The zero-order valence-corrected chi connectivity index (χ0v) is 15.1. The van der Waals surface area contributed by atoms with Gasteiger partial charge in [0.2, 0.25) is 0 Å². The summed E-state index contributed by atoms with van der Waals surface area (Å²) in [6.45, 7) is 0. The Bertz CT molecular complexity index is 687. The van der Waals surface area contributed by atoms with Gasteiger partial charge in [-0.2, -0.15) is 0 Å². The number of allylic oxidation sites excluding steroid dienone is 1. The standard InChI is InChI=1S/C22H26O4/c23-21-18-12-11-17(26-22(24)16-9-5-2-6-10-16)13-20(18)25-14-19(21)15-7-3-1-4-8-15/h1,3-4,7-8,14,16-18,20H,2,5-6,9-13H2. The van der Waals surface area contributed by atoms with Gasteiger partial charge in [-0.15, -0.1) is 0 Å². The average Bonchev–Trinajstić information content (AvgIpc) is 2.69. The summed E-state index contributed by atoms with van der Waals surface area (Å²) in [5, 5.41) is 0. The summed E-state index contributed by atoms with van der Waals surface area (Å²) in [4.78, 5) is 25.3. The third-order valence-electron chi connectivity index (χ3n) is 6.01. The van der Waals surface area contributed by atoms with Crippen molar-refractivity contribution in [2.75, 3.05) is 0 Å². The van der Waals surface area contributed by atoms with Crippen molar-refractivity contribution in [3.05, 3.63) is 42.2 Å². The van der Waals surface area contributed by atoms with Crippen molar-refractivity contribution in [3.63, 3.8) is 0 Å². The first kappa shape index (κ1) is 17.3. The lowest BCUT2D eigenvalue weighted by molar-refractivity contribution is -0.160. The van der Waals surface area contributed by atoms with E-state index in [0.717, 1.165) is 44.1 Å². The Morgan fingerprint density at radius 1 is 1.00 bits per heavy atom. The number of Topliss-reactive ketones (excluding diaryl/α,β-unsaturated/α-hetero) is 1. The molecule has 2 saturated carbocycles.